The summed E-state index contributed by atoms with van der Waals surface area (Å²) in [5.74, 6) is 0.478. The standard InChI is InChI=1S/C26H32ClN3O/c27-25-12-10-23(11-13-25)20-29-15-5-9-24(21-29)26(31)30-18-16-28(17-19-30)14-4-8-22-6-2-1-3-7-22/h1-4,6-8,10-13,24H,5,9,14-21H2/b8-4+. The Balaban J connectivity index is 1.22. The number of benzene rings is 2. The van der Waals surface area contributed by atoms with E-state index in [0.29, 0.717) is 5.91 Å². The molecule has 0 spiro atoms. The van der Waals surface area contributed by atoms with Crippen LogP contribution in [0.4, 0.5) is 0 Å². The number of nitrogens with zero attached hydrogens (tertiary/aromatic N) is 3. The smallest absolute Gasteiger partial charge is 0.227 e. The average molecular weight is 438 g/mol. The van der Waals surface area contributed by atoms with Crippen molar-refractivity contribution in [2.45, 2.75) is 19.4 Å². The molecule has 0 N–H and O–H groups in total. The second-order valence-electron chi connectivity index (χ2n) is 8.64. The first kappa shape index (κ1) is 22.1. The third kappa shape index (κ3) is 6.42. The van der Waals surface area contributed by atoms with E-state index in [9.17, 15) is 4.79 Å². The van der Waals surface area contributed by atoms with E-state index in [1.54, 1.807) is 0 Å². The number of hydrogen-bond donors (Lipinski definition) is 0. The molecular formula is C26H32ClN3O. The van der Waals surface area contributed by atoms with Crippen LogP contribution in [0, 0.1) is 5.92 Å². The van der Waals surface area contributed by atoms with Crippen LogP contribution < -0.4 is 0 Å². The molecule has 1 unspecified atom stereocenters. The fourth-order valence-corrected chi connectivity index (χ4v) is 4.69. The molecular weight excluding hydrogens is 406 g/mol. The van der Waals surface area contributed by atoms with Gasteiger partial charge in [-0.1, -0.05) is 66.2 Å². The summed E-state index contributed by atoms with van der Waals surface area (Å²) in [7, 11) is 0. The summed E-state index contributed by atoms with van der Waals surface area (Å²) in [6.45, 7) is 7.34. The number of hydrogen-bond acceptors (Lipinski definition) is 3. The zero-order valence-electron chi connectivity index (χ0n) is 18.1. The first-order chi connectivity index (χ1) is 15.2. The number of piperazine rings is 1. The predicted octanol–water partition coefficient (Wildman–Crippen LogP) is 4.41. The highest BCUT2D eigenvalue weighted by atomic mass is 35.5. The normalized spacial score (nSPS) is 20.9. The van der Waals surface area contributed by atoms with Crippen molar-refractivity contribution in [1.29, 1.82) is 0 Å². The highest BCUT2D eigenvalue weighted by Crippen LogP contribution is 2.22. The van der Waals surface area contributed by atoms with Gasteiger partial charge in [0.15, 0.2) is 0 Å². The number of rotatable bonds is 6. The van der Waals surface area contributed by atoms with Gasteiger partial charge in [-0.15, -0.1) is 0 Å². The van der Waals surface area contributed by atoms with E-state index in [0.717, 1.165) is 70.2 Å². The molecule has 4 nitrogen and oxygen atoms in total. The van der Waals surface area contributed by atoms with Crippen LogP contribution >= 0.6 is 11.6 Å². The van der Waals surface area contributed by atoms with Crippen LogP contribution in [0.2, 0.25) is 5.02 Å². The molecule has 0 aromatic heterocycles. The van der Waals surface area contributed by atoms with E-state index >= 15 is 0 Å². The highest BCUT2D eigenvalue weighted by Gasteiger charge is 2.30. The Hall–Kier alpha value is -2.14. The lowest BCUT2D eigenvalue weighted by atomic mass is 9.95. The molecule has 0 aliphatic carbocycles. The summed E-state index contributed by atoms with van der Waals surface area (Å²) >= 11 is 6.00. The number of halogens is 1. The van der Waals surface area contributed by atoms with E-state index in [4.69, 9.17) is 11.6 Å². The van der Waals surface area contributed by atoms with Gasteiger partial charge >= 0.3 is 0 Å². The summed E-state index contributed by atoms with van der Waals surface area (Å²) < 4.78 is 0. The predicted molar refractivity (Wildman–Crippen MR) is 128 cm³/mol. The number of amides is 1. The van der Waals surface area contributed by atoms with Gasteiger partial charge in [-0.2, -0.15) is 0 Å². The maximum Gasteiger partial charge on any atom is 0.227 e. The Morgan fingerprint density at radius 3 is 2.42 bits per heavy atom. The fourth-order valence-electron chi connectivity index (χ4n) is 4.56. The molecule has 2 fully saturated rings. The molecule has 5 heteroatoms. The van der Waals surface area contributed by atoms with E-state index < -0.39 is 0 Å². The van der Waals surface area contributed by atoms with Gasteiger partial charge in [0.05, 0.1) is 5.92 Å². The van der Waals surface area contributed by atoms with Crippen molar-refractivity contribution in [3.05, 3.63) is 76.8 Å². The van der Waals surface area contributed by atoms with Gasteiger partial charge in [0.2, 0.25) is 5.91 Å². The molecule has 0 saturated carbocycles. The minimum Gasteiger partial charge on any atom is -0.340 e. The van der Waals surface area contributed by atoms with Crippen molar-refractivity contribution in [1.82, 2.24) is 14.7 Å². The van der Waals surface area contributed by atoms with Crippen LogP contribution in [0.3, 0.4) is 0 Å². The first-order valence-electron chi connectivity index (χ1n) is 11.4. The van der Waals surface area contributed by atoms with Crippen molar-refractivity contribution in [3.8, 4) is 0 Å². The number of carbonyl (C=O) groups is 1. The van der Waals surface area contributed by atoms with Crippen LogP contribution in [-0.2, 0) is 11.3 Å². The van der Waals surface area contributed by atoms with Gasteiger partial charge in [-0.05, 0) is 42.6 Å². The Labute approximate surface area is 191 Å². The average Bonchev–Trinajstić information content (AvgIpc) is 2.81. The second-order valence-corrected chi connectivity index (χ2v) is 9.08. The summed E-state index contributed by atoms with van der Waals surface area (Å²) in [5.41, 5.74) is 2.49. The summed E-state index contributed by atoms with van der Waals surface area (Å²) in [4.78, 5) is 20.1. The quantitative estimate of drug-likeness (QED) is 0.669. The van der Waals surface area contributed by atoms with Crippen molar-refractivity contribution in [3.63, 3.8) is 0 Å². The van der Waals surface area contributed by atoms with E-state index in [2.05, 4.69) is 63.2 Å². The Bertz CT molecular complexity index is 860. The topological polar surface area (TPSA) is 26.8 Å². The van der Waals surface area contributed by atoms with Gasteiger partial charge < -0.3 is 4.90 Å². The molecule has 2 saturated heterocycles. The van der Waals surface area contributed by atoms with Crippen molar-refractivity contribution in [2.24, 2.45) is 5.92 Å². The van der Waals surface area contributed by atoms with E-state index in [-0.39, 0.29) is 5.92 Å². The molecule has 31 heavy (non-hydrogen) atoms. The molecule has 2 aliphatic heterocycles. The molecule has 2 aromatic rings. The maximum absolute atomic E-state index is 13.2. The lowest BCUT2D eigenvalue weighted by Gasteiger charge is -2.38. The minimum atomic E-state index is 0.130. The minimum absolute atomic E-state index is 0.130. The molecule has 164 valence electrons. The lowest BCUT2D eigenvalue weighted by Crippen LogP contribution is -2.52. The molecule has 2 aromatic carbocycles. The van der Waals surface area contributed by atoms with Gasteiger partial charge in [-0.25, -0.2) is 0 Å². The highest BCUT2D eigenvalue weighted by molar-refractivity contribution is 6.30. The Kier molecular flexibility index (Phi) is 7.79. The molecule has 0 bridgehead atoms. The lowest BCUT2D eigenvalue weighted by molar-refractivity contribution is -0.139. The molecule has 0 radical (unpaired) electrons. The fraction of sp³-hybridized carbons (Fsp3) is 0.423. The van der Waals surface area contributed by atoms with E-state index in [1.165, 1.54) is 11.1 Å². The van der Waals surface area contributed by atoms with Gasteiger partial charge in [0, 0.05) is 50.8 Å². The number of piperidine rings is 1. The van der Waals surface area contributed by atoms with E-state index in [1.807, 2.05) is 18.2 Å². The SMILES string of the molecule is O=C(C1CCCN(Cc2ccc(Cl)cc2)C1)N1CCN(C/C=C/c2ccccc2)CC1. The van der Waals surface area contributed by atoms with Gasteiger partial charge in [0.1, 0.15) is 0 Å². The third-order valence-electron chi connectivity index (χ3n) is 6.33. The molecule has 1 atom stereocenters. The summed E-state index contributed by atoms with van der Waals surface area (Å²) in [6.07, 6.45) is 6.50. The summed E-state index contributed by atoms with van der Waals surface area (Å²) in [5, 5.41) is 0.769. The van der Waals surface area contributed by atoms with Crippen molar-refractivity contribution >= 4 is 23.6 Å². The molecule has 4 rings (SSSR count). The number of carbonyl (C=O) groups excluding carboxylic acids is 1. The monoisotopic (exact) mass is 437 g/mol. The Morgan fingerprint density at radius 2 is 1.68 bits per heavy atom. The Morgan fingerprint density at radius 1 is 0.935 bits per heavy atom. The van der Waals surface area contributed by atoms with Crippen LogP contribution in [0.15, 0.2) is 60.7 Å². The van der Waals surface area contributed by atoms with Crippen LogP contribution in [0.1, 0.15) is 24.0 Å². The van der Waals surface area contributed by atoms with Crippen LogP contribution in [-0.4, -0.2) is 66.4 Å². The van der Waals surface area contributed by atoms with Crippen LogP contribution in [0.5, 0.6) is 0 Å². The molecule has 2 aliphatic rings. The van der Waals surface area contributed by atoms with Gasteiger partial charge in [0.25, 0.3) is 0 Å². The molecule has 1 amide bonds. The number of likely N-dealkylation sites (tertiary alicyclic amines) is 1. The molecule has 2 heterocycles. The first-order valence-corrected chi connectivity index (χ1v) is 11.7. The zero-order chi connectivity index (χ0) is 21.5. The van der Waals surface area contributed by atoms with Crippen LogP contribution in [0.25, 0.3) is 6.08 Å². The maximum atomic E-state index is 13.2. The van der Waals surface area contributed by atoms with Crippen molar-refractivity contribution < 1.29 is 4.79 Å². The second kappa shape index (κ2) is 10.9. The summed E-state index contributed by atoms with van der Waals surface area (Å²) in [6, 6.07) is 18.4. The van der Waals surface area contributed by atoms with Gasteiger partial charge in [-0.3, -0.25) is 14.6 Å². The third-order valence-corrected chi connectivity index (χ3v) is 6.58. The zero-order valence-corrected chi connectivity index (χ0v) is 18.9. The van der Waals surface area contributed by atoms with Crippen molar-refractivity contribution in [2.75, 3.05) is 45.8 Å². The largest absolute Gasteiger partial charge is 0.340 e.